The van der Waals surface area contributed by atoms with E-state index in [1.807, 2.05) is 20.0 Å². The highest BCUT2D eigenvalue weighted by molar-refractivity contribution is 5.60. The first-order valence-corrected chi connectivity index (χ1v) is 11.2. The quantitative estimate of drug-likeness (QED) is 0.637. The number of hydrogen-bond acceptors (Lipinski definition) is 6. The van der Waals surface area contributed by atoms with Crippen molar-refractivity contribution in [3.05, 3.63) is 52.6 Å². The van der Waals surface area contributed by atoms with E-state index in [4.69, 9.17) is 10.1 Å². The second-order valence-corrected chi connectivity index (χ2v) is 8.71. The lowest BCUT2D eigenvalue weighted by molar-refractivity contribution is 0.330. The zero-order chi connectivity index (χ0) is 21.4. The number of nitriles is 1. The van der Waals surface area contributed by atoms with Gasteiger partial charge in [0, 0.05) is 43.2 Å². The second kappa shape index (κ2) is 8.10. The van der Waals surface area contributed by atoms with Crippen LogP contribution in [0.3, 0.4) is 0 Å². The van der Waals surface area contributed by atoms with Gasteiger partial charge in [0.2, 0.25) is 0 Å². The summed E-state index contributed by atoms with van der Waals surface area (Å²) in [7, 11) is 0. The highest BCUT2D eigenvalue weighted by atomic mass is 15.3. The van der Waals surface area contributed by atoms with Gasteiger partial charge in [-0.1, -0.05) is 19.3 Å². The Morgan fingerprint density at radius 1 is 1.10 bits per heavy atom. The minimum Gasteiger partial charge on any atom is -0.350 e. The Kier molecular flexibility index (Phi) is 5.14. The molecule has 1 aliphatic carbocycles. The van der Waals surface area contributed by atoms with Crippen molar-refractivity contribution in [2.75, 3.05) is 11.4 Å². The number of anilines is 1. The van der Waals surface area contributed by atoms with Crippen LogP contribution in [0.2, 0.25) is 0 Å². The highest BCUT2D eigenvalue weighted by Gasteiger charge is 2.23. The summed E-state index contributed by atoms with van der Waals surface area (Å²) in [6.07, 6.45) is 11.3. The van der Waals surface area contributed by atoms with Crippen molar-refractivity contribution in [1.29, 1.82) is 5.26 Å². The third-order valence-corrected chi connectivity index (χ3v) is 6.80. The highest BCUT2D eigenvalue weighted by Crippen LogP contribution is 2.31. The molecule has 0 amide bonds. The fourth-order valence-electron chi connectivity index (χ4n) is 4.79. The normalized spacial score (nSPS) is 16.7. The molecule has 0 aromatic carbocycles. The maximum Gasteiger partial charge on any atom is 0.166 e. The zero-order valence-electron chi connectivity index (χ0n) is 18.2. The number of aromatic nitrogens is 5. The average Bonchev–Trinajstić information content (AvgIpc) is 3.31. The van der Waals surface area contributed by atoms with Crippen LogP contribution in [-0.2, 0) is 13.0 Å². The molecule has 0 unspecified atom stereocenters. The second-order valence-electron chi connectivity index (χ2n) is 8.71. The fraction of sp³-hybridized carbons (Fsp3) is 0.458. The summed E-state index contributed by atoms with van der Waals surface area (Å²) in [5, 5.41) is 22.6. The van der Waals surface area contributed by atoms with Crippen molar-refractivity contribution in [1.82, 2.24) is 25.0 Å². The molecule has 4 heterocycles. The van der Waals surface area contributed by atoms with E-state index in [2.05, 4.69) is 44.2 Å². The number of pyridine rings is 1. The Bertz CT molecular complexity index is 1150. The standard InChI is InChI=1S/C24H27N7/c1-16-17(2)24(28-27-23(16)13-25)30-10-8-21-19(15-30)12-18(14-26-21)22-9-11-31(29-22)20-6-4-3-5-7-20/h9,11-12,14,20H,3-8,10,15H2,1-2H3. The Balaban J connectivity index is 1.40. The molecule has 1 saturated carbocycles. The SMILES string of the molecule is Cc1c(C#N)nnc(N2CCc3ncc(-c4ccn(C5CCCCC5)n4)cc3C2)c1C. The molecule has 0 atom stereocenters. The van der Waals surface area contributed by atoms with Crippen LogP contribution in [0.1, 0.15) is 66.2 Å². The summed E-state index contributed by atoms with van der Waals surface area (Å²) in [4.78, 5) is 7.00. The first-order chi connectivity index (χ1) is 15.1. The minimum absolute atomic E-state index is 0.399. The van der Waals surface area contributed by atoms with Gasteiger partial charge in [-0.15, -0.1) is 10.2 Å². The third kappa shape index (κ3) is 3.67. The van der Waals surface area contributed by atoms with Crippen molar-refractivity contribution in [3.8, 4) is 17.3 Å². The number of fused-ring (bicyclic) bond motifs is 1. The van der Waals surface area contributed by atoms with E-state index < -0.39 is 0 Å². The fourth-order valence-corrected chi connectivity index (χ4v) is 4.79. The summed E-state index contributed by atoms with van der Waals surface area (Å²) in [5.41, 5.74) is 6.72. The number of rotatable bonds is 3. The van der Waals surface area contributed by atoms with E-state index in [1.54, 1.807) is 0 Å². The van der Waals surface area contributed by atoms with Crippen molar-refractivity contribution in [3.63, 3.8) is 0 Å². The average molecular weight is 414 g/mol. The van der Waals surface area contributed by atoms with E-state index in [-0.39, 0.29) is 0 Å². The predicted molar refractivity (Wildman–Crippen MR) is 119 cm³/mol. The van der Waals surface area contributed by atoms with Crippen LogP contribution in [-0.4, -0.2) is 31.5 Å². The van der Waals surface area contributed by atoms with E-state index in [0.29, 0.717) is 11.7 Å². The van der Waals surface area contributed by atoms with Crippen molar-refractivity contribution < 1.29 is 0 Å². The van der Waals surface area contributed by atoms with E-state index in [1.165, 1.54) is 37.7 Å². The van der Waals surface area contributed by atoms with Crippen LogP contribution < -0.4 is 4.90 Å². The summed E-state index contributed by atoms with van der Waals surface area (Å²) < 4.78 is 2.15. The van der Waals surface area contributed by atoms with Crippen LogP contribution in [0.4, 0.5) is 5.82 Å². The lowest BCUT2D eigenvalue weighted by Gasteiger charge is -2.30. The van der Waals surface area contributed by atoms with Gasteiger partial charge in [-0.25, -0.2) is 0 Å². The molecule has 31 heavy (non-hydrogen) atoms. The molecule has 3 aromatic heterocycles. The molecule has 5 rings (SSSR count). The van der Waals surface area contributed by atoms with Gasteiger partial charge >= 0.3 is 0 Å². The van der Waals surface area contributed by atoms with Gasteiger partial charge in [0.25, 0.3) is 0 Å². The molecule has 0 saturated heterocycles. The molecule has 1 fully saturated rings. The first kappa shape index (κ1) is 19.7. The third-order valence-electron chi connectivity index (χ3n) is 6.80. The molecule has 2 aliphatic rings. The first-order valence-electron chi connectivity index (χ1n) is 11.2. The molecular weight excluding hydrogens is 386 g/mol. The van der Waals surface area contributed by atoms with Crippen LogP contribution in [0.25, 0.3) is 11.3 Å². The Morgan fingerprint density at radius 3 is 2.74 bits per heavy atom. The van der Waals surface area contributed by atoms with Crippen molar-refractivity contribution >= 4 is 5.82 Å². The molecule has 158 valence electrons. The molecule has 0 N–H and O–H groups in total. The predicted octanol–water partition coefficient (Wildman–Crippen LogP) is 4.29. The topological polar surface area (TPSA) is 83.5 Å². The molecule has 0 radical (unpaired) electrons. The molecule has 0 bridgehead atoms. The van der Waals surface area contributed by atoms with Gasteiger partial charge in [0.1, 0.15) is 6.07 Å². The monoisotopic (exact) mass is 413 g/mol. The van der Waals surface area contributed by atoms with Gasteiger partial charge < -0.3 is 4.90 Å². The summed E-state index contributed by atoms with van der Waals surface area (Å²) >= 11 is 0. The molecule has 0 spiro atoms. The minimum atomic E-state index is 0.399. The lowest BCUT2D eigenvalue weighted by Crippen LogP contribution is -2.32. The molecule has 7 nitrogen and oxygen atoms in total. The zero-order valence-corrected chi connectivity index (χ0v) is 18.2. The molecular formula is C24H27N7. The van der Waals surface area contributed by atoms with Crippen LogP contribution in [0.15, 0.2) is 24.5 Å². The largest absolute Gasteiger partial charge is 0.350 e. The van der Waals surface area contributed by atoms with Gasteiger partial charge in [-0.2, -0.15) is 10.4 Å². The summed E-state index contributed by atoms with van der Waals surface area (Å²) in [5.74, 6) is 0.856. The summed E-state index contributed by atoms with van der Waals surface area (Å²) in [6.45, 7) is 5.53. The van der Waals surface area contributed by atoms with Crippen LogP contribution >= 0.6 is 0 Å². The van der Waals surface area contributed by atoms with Crippen LogP contribution in [0, 0.1) is 25.2 Å². The maximum absolute atomic E-state index is 9.22. The van der Waals surface area contributed by atoms with Gasteiger partial charge in [-0.05, 0) is 55.5 Å². The summed E-state index contributed by atoms with van der Waals surface area (Å²) in [6, 6.07) is 6.99. The Morgan fingerprint density at radius 2 is 1.94 bits per heavy atom. The molecule has 1 aliphatic heterocycles. The smallest absolute Gasteiger partial charge is 0.166 e. The van der Waals surface area contributed by atoms with Gasteiger partial charge in [-0.3, -0.25) is 9.67 Å². The van der Waals surface area contributed by atoms with E-state index in [0.717, 1.165) is 53.4 Å². The number of nitrogens with zero attached hydrogens (tertiary/aromatic N) is 7. The van der Waals surface area contributed by atoms with Gasteiger partial charge in [0.15, 0.2) is 11.5 Å². The molecule has 3 aromatic rings. The van der Waals surface area contributed by atoms with Crippen molar-refractivity contribution in [2.24, 2.45) is 0 Å². The lowest BCUT2D eigenvalue weighted by atomic mass is 9.96. The Labute approximate surface area is 182 Å². The maximum atomic E-state index is 9.22. The van der Waals surface area contributed by atoms with Crippen molar-refractivity contribution in [2.45, 2.75) is 65.0 Å². The molecule has 7 heteroatoms. The number of hydrogen-bond donors (Lipinski definition) is 0. The van der Waals surface area contributed by atoms with Gasteiger partial charge in [0.05, 0.1) is 11.7 Å². The van der Waals surface area contributed by atoms with Crippen LogP contribution in [0.5, 0.6) is 0 Å². The van der Waals surface area contributed by atoms with E-state index >= 15 is 0 Å². The Hall–Kier alpha value is -3.27. The van der Waals surface area contributed by atoms with E-state index in [9.17, 15) is 5.26 Å².